The third-order valence-corrected chi connectivity index (χ3v) is 4.88. The van der Waals surface area contributed by atoms with Gasteiger partial charge in [-0.3, -0.25) is 5.32 Å². The van der Waals surface area contributed by atoms with E-state index in [0.717, 1.165) is 21.5 Å². The molecule has 130 valence electrons. The van der Waals surface area contributed by atoms with Crippen molar-refractivity contribution in [2.24, 2.45) is 0 Å². The minimum Gasteiger partial charge on any atom is -0.323 e. The lowest BCUT2D eigenvalue weighted by molar-refractivity contribution is 0.220. The molecular formula is C19H17N5OS. The van der Waals surface area contributed by atoms with E-state index in [1.807, 2.05) is 60.8 Å². The number of nitrogens with zero attached hydrogens (tertiary/aromatic N) is 4. The highest BCUT2D eigenvalue weighted by Crippen LogP contribution is 2.25. The van der Waals surface area contributed by atoms with Crippen LogP contribution < -0.4 is 5.32 Å². The van der Waals surface area contributed by atoms with Crippen LogP contribution in [0.1, 0.15) is 5.56 Å². The van der Waals surface area contributed by atoms with Crippen molar-refractivity contribution in [2.75, 3.05) is 12.4 Å². The second-order valence-electron chi connectivity index (χ2n) is 5.90. The van der Waals surface area contributed by atoms with Crippen molar-refractivity contribution in [3.63, 3.8) is 0 Å². The standard InChI is InChI=1S/C19H17N5OS/c1-23(12-14-11-20-24(13-14)15-7-3-2-4-8-15)19(25)22-18-21-16-9-5-6-10-17(16)26-18/h2-11,13H,12H2,1H3,(H,21,22,25). The maximum Gasteiger partial charge on any atom is 0.323 e. The third-order valence-electron chi connectivity index (χ3n) is 3.93. The number of para-hydroxylation sites is 2. The summed E-state index contributed by atoms with van der Waals surface area (Å²) in [5.74, 6) is 0. The number of carbonyl (C=O) groups is 1. The number of nitrogens with one attached hydrogen (secondary N) is 1. The average Bonchev–Trinajstić information content (AvgIpc) is 3.28. The Bertz CT molecular complexity index is 1010. The Morgan fingerprint density at radius 2 is 1.92 bits per heavy atom. The summed E-state index contributed by atoms with van der Waals surface area (Å²) < 4.78 is 2.85. The summed E-state index contributed by atoms with van der Waals surface area (Å²) >= 11 is 1.46. The number of fused-ring (bicyclic) bond motifs is 1. The van der Waals surface area contributed by atoms with E-state index in [1.165, 1.54) is 11.3 Å². The zero-order chi connectivity index (χ0) is 17.9. The number of hydrogen-bond donors (Lipinski definition) is 1. The first-order chi connectivity index (χ1) is 12.7. The number of aromatic nitrogens is 3. The molecule has 1 N–H and O–H groups in total. The van der Waals surface area contributed by atoms with E-state index in [4.69, 9.17) is 0 Å². The first-order valence-corrected chi connectivity index (χ1v) is 8.97. The number of benzene rings is 2. The van der Waals surface area contributed by atoms with Gasteiger partial charge in [-0.05, 0) is 24.3 Å². The number of urea groups is 1. The van der Waals surface area contributed by atoms with Crippen LogP contribution in [0.4, 0.5) is 9.93 Å². The summed E-state index contributed by atoms with van der Waals surface area (Å²) in [5, 5.41) is 7.82. The third kappa shape index (κ3) is 3.43. The number of rotatable bonds is 4. The fourth-order valence-corrected chi connectivity index (χ4v) is 3.48. The van der Waals surface area contributed by atoms with E-state index < -0.39 is 0 Å². The number of amides is 2. The number of carbonyl (C=O) groups excluding carboxylic acids is 1. The van der Waals surface area contributed by atoms with E-state index in [2.05, 4.69) is 15.4 Å². The molecule has 7 heteroatoms. The van der Waals surface area contributed by atoms with Gasteiger partial charge in [-0.1, -0.05) is 41.7 Å². The fourth-order valence-electron chi connectivity index (χ4n) is 2.62. The topological polar surface area (TPSA) is 63.1 Å². The molecule has 0 fully saturated rings. The highest BCUT2D eigenvalue weighted by Gasteiger charge is 2.13. The number of hydrogen-bond acceptors (Lipinski definition) is 4. The van der Waals surface area contributed by atoms with Crippen molar-refractivity contribution in [3.05, 3.63) is 72.6 Å². The quantitative estimate of drug-likeness (QED) is 0.592. The summed E-state index contributed by atoms with van der Waals surface area (Å²) in [6, 6.07) is 17.5. The molecule has 0 radical (unpaired) electrons. The molecule has 0 unspecified atom stereocenters. The number of anilines is 1. The van der Waals surface area contributed by atoms with Crippen LogP contribution >= 0.6 is 11.3 Å². The van der Waals surface area contributed by atoms with Crippen molar-refractivity contribution in [3.8, 4) is 5.69 Å². The van der Waals surface area contributed by atoms with Crippen LogP contribution in [0.15, 0.2) is 67.0 Å². The van der Waals surface area contributed by atoms with Crippen molar-refractivity contribution in [1.29, 1.82) is 0 Å². The smallest absolute Gasteiger partial charge is 0.323 e. The summed E-state index contributed by atoms with van der Waals surface area (Å²) in [6.45, 7) is 0.462. The van der Waals surface area contributed by atoms with Gasteiger partial charge in [0.2, 0.25) is 0 Å². The second kappa shape index (κ2) is 6.97. The van der Waals surface area contributed by atoms with Gasteiger partial charge in [0.1, 0.15) is 0 Å². The normalized spacial score (nSPS) is 10.8. The van der Waals surface area contributed by atoms with Crippen molar-refractivity contribution < 1.29 is 4.79 Å². The summed E-state index contributed by atoms with van der Waals surface area (Å²) in [5.41, 5.74) is 2.83. The second-order valence-corrected chi connectivity index (χ2v) is 6.93. The van der Waals surface area contributed by atoms with E-state index in [9.17, 15) is 4.79 Å². The van der Waals surface area contributed by atoms with Gasteiger partial charge in [0.25, 0.3) is 0 Å². The summed E-state index contributed by atoms with van der Waals surface area (Å²) in [4.78, 5) is 18.5. The van der Waals surface area contributed by atoms with Crippen LogP contribution in [0, 0.1) is 0 Å². The Morgan fingerprint density at radius 3 is 2.73 bits per heavy atom. The predicted octanol–water partition coefficient (Wildman–Crippen LogP) is 4.15. The molecule has 0 saturated heterocycles. The zero-order valence-electron chi connectivity index (χ0n) is 14.2. The molecule has 26 heavy (non-hydrogen) atoms. The lowest BCUT2D eigenvalue weighted by Crippen LogP contribution is -2.30. The molecule has 0 aliphatic heterocycles. The molecule has 2 aromatic carbocycles. The molecular weight excluding hydrogens is 346 g/mol. The monoisotopic (exact) mass is 363 g/mol. The van der Waals surface area contributed by atoms with Crippen LogP contribution in [0.5, 0.6) is 0 Å². The molecule has 0 atom stereocenters. The van der Waals surface area contributed by atoms with Crippen molar-refractivity contribution in [1.82, 2.24) is 19.7 Å². The van der Waals surface area contributed by atoms with Crippen LogP contribution in [0.3, 0.4) is 0 Å². The Balaban J connectivity index is 1.42. The SMILES string of the molecule is CN(Cc1cnn(-c2ccccc2)c1)C(=O)Nc1nc2ccccc2s1. The maximum absolute atomic E-state index is 12.4. The van der Waals surface area contributed by atoms with Crippen LogP contribution in [0.25, 0.3) is 15.9 Å². The van der Waals surface area contributed by atoms with Gasteiger partial charge in [-0.25, -0.2) is 14.5 Å². The van der Waals surface area contributed by atoms with Gasteiger partial charge in [0.05, 0.1) is 28.6 Å². The maximum atomic E-state index is 12.4. The minimum atomic E-state index is -0.198. The molecule has 0 saturated carbocycles. The molecule has 0 aliphatic carbocycles. The summed E-state index contributed by atoms with van der Waals surface area (Å²) in [6.07, 6.45) is 3.70. The van der Waals surface area contributed by atoms with Gasteiger partial charge in [-0.15, -0.1) is 0 Å². The highest BCUT2D eigenvalue weighted by molar-refractivity contribution is 7.22. The average molecular weight is 363 g/mol. The Hall–Kier alpha value is -3.19. The molecule has 2 amide bonds. The van der Waals surface area contributed by atoms with E-state index in [1.54, 1.807) is 22.8 Å². The lowest BCUT2D eigenvalue weighted by atomic mass is 10.3. The molecule has 2 aromatic heterocycles. The Labute approximate surface area is 154 Å². The first kappa shape index (κ1) is 16.3. The lowest BCUT2D eigenvalue weighted by Gasteiger charge is -2.15. The van der Waals surface area contributed by atoms with Gasteiger partial charge >= 0.3 is 6.03 Å². The Morgan fingerprint density at radius 1 is 1.15 bits per heavy atom. The van der Waals surface area contributed by atoms with Crippen LogP contribution in [-0.4, -0.2) is 32.7 Å². The van der Waals surface area contributed by atoms with Crippen molar-refractivity contribution >= 4 is 32.7 Å². The molecule has 4 rings (SSSR count). The van der Waals surface area contributed by atoms with E-state index >= 15 is 0 Å². The van der Waals surface area contributed by atoms with Gasteiger partial charge in [0, 0.05) is 18.8 Å². The first-order valence-electron chi connectivity index (χ1n) is 8.16. The van der Waals surface area contributed by atoms with Crippen LogP contribution in [-0.2, 0) is 6.54 Å². The number of thiazole rings is 1. The largest absolute Gasteiger partial charge is 0.323 e. The highest BCUT2D eigenvalue weighted by atomic mass is 32.1. The van der Waals surface area contributed by atoms with E-state index in [-0.39, 0.29) is 6.03 Å². The molecule has 0 aliphatic rings. The van der Waals surface area contributed by atoms with Gasteiger partial charge in [0.15, 0.2) is 5.13 Å². The molecule has 0 bridgehead atoms. The molecule has 2 heterocycles. The van der Waals surface area contributed by atoms with Crippen LogP contribution in [0.2, 0.25) is 0 Å². The van der Waals surface area contributed by atoms with E-state index in [0.29, 0.717) is 11.7 Å². The van der Waals surface area contributed by atoms with Gasteiger partial charge < -0.3 is 4.90 Å². The minimum absolute atomic E-state index is 0.198. The molecule has 6 nitrogen and oxygen atoms in total. The van der Waals surface area contributed by atoms with Gasteiger partial charge in [-0.2, -0.15) is 5.10 Å². The molecule has 0 spiro atoms. The fraction of sp³-hybridized carbons (Fsp3) is 0.105. The summed E-state index contributed by atoms with van der Waals surface area (Å²) in [7, 11) is 1.75. The zero-order valence-corrected chi connectivity index (χ0v) is 15.0. The Kier molecular flexibility index (Phi) is 4.37. The predicted molar refractivity (Wildman–Crippen MR) is 104 cm³/mol. The molecule has 4 aromatic rings. The van der Waals surface area contributed by atoms with Crippen molar-refractivity contribution in [2.45, 2.75) is 6.54 Å².